The molecule has 0 heterocycles. The molecular formula is C13H22N4OS. The number of anilines is 1. The first-order valence-electron chi connectivity index (χ1n) is 6.26. The van der Waals surface area contributed by atoms with Gasteiger partial charge in [0.05, 0.1) is 18.0 Å². The number of benzene rings is 1. The molecule has 0 atom stereocenters. The van der Waals surface area contributed by atoms with Gasteiger partial charge in [-0.15, -0.1) is 0 Å². The molecule has 0 aliphatic heterocycles. The van der Waals surface area contributed by atoms with Gasteiger partial charge in [-0.25, -0.2) is 4.31 Å². The largest absolute Gasteiger partial charge is 0.409 e. The van der Waals surface area contributed by atoms with Gasteiger partial charge in [-0.1, -0.05) is 6.92 Å². The minimum absolute atomic E-state index is 0.677. The van der Waals surface area contributed by atoms with Crippen molar-refractivity contribution in [1.82, 2.24) is 9.62 Å². The molecule has 0 saturated carbocycles. The van der Waals surface area contributed by atoms with Crippen molar-refractivity contribution < 1.29 is 4.18 Å². The standard InChI is InChI=1S/C13H22N4OS/c1-5-8-17(4)19-18-11-6-7-12(16-10-14-2)13(9-11)15-3/h6-7,9,14,16H,3,5,8,10H2,1-2,4H3. The van der Waals surface area contributed by atoms with E-state index in [0.717, 1.165) is 30.1 Å². The minimum atomic E-state index is 0.677. The Kier molecular flexibility index (Phi) is 7.32. The summed E-state index contributed by atoms with van der Waals surface area (Å²) in [6, 6.07) is 5.73. The molecule has 5 nitrogen and oxygen atoms in total. The van der Waals surface area contributed by atoms with Crippen molar-refractivity contribution in [3.05, 3.63) is 18.2 Å². The van der Waals surface area contributed by atoms with Crippen molar-refractivity contribution >= 4 is 30.3 Å². The van der Waals surface area contributed by atoms with Crippen LogP contribution in [0.2, 0.25) is 0 Å². The van der Waals surface area contributed by atoms with Crippen molar-refractivity contribution in [2.75, 3.05) is 32.6 Å². The van der Waals surface area contributed by atoms with Gasteiger partial charge in [-0.05, 0) is 32.3 Å². The Balaban J connectivity index is 2.63. The lowest BCUT2D eigenvalue weighted by molar-refractivity contribution is 0.508. The van der Waals surface area contributed by atoms with E-state index in [1.165, 1.54) is 12.2 Å². The Hall–Kier alpha value is -1.24. The van der Waals surface area contributed by atoms with Crippen LogP contribution < -0.4 is 14.8 Å². The second kappa shape index (κ2) is 8.79. The first kappa shape index (κ1) is 15.8. The molecule has 0 aromatic heterocycles. The summed E-state index contributed by atoms with van der Waals surface area (Å²) in [6.45, 7) is 7.38. The normalized spacial score (nSPS) is 10.5. The lowest BCUT2D eigenvalue weighted by Crippen LogP contribution is -2.16. The summed E-state index contributed by atoms with van der Waals surface area (Å²) >= 11 is 1.34. The third kappa shape index (κ3) is 5.50. The first-order valence-corrected chi connectivity index (χ1v) is 6.96. The zero-order valence-corrected chi connectivity index (χ0v) is 12.6. The Bertz CT molecular complexity index is 400. The number of nitrogens with zero attached hydrogens (tertiary/aromatic N) is 2. The maximum atomic E-state index is 5.63. The number of hydrogen-bond acceptors (Lipinski definition) is 6. The van der Waals surface area contributed by atoms with Crippen LogP contribution in [0.25, 0.3) is 0 Å². The highest BCUT2D eigenvalue weighted by Gasteiger charge is 2.05. The highest BCUT2D eigenvalue weighted by molar-refractivity contribution is 7.92. The van der Waals surface area contributed by atoms with Crippen molar-refractivity contribution in [1.29, 1.82) is 0 Å². The van der Waals surface area contributed by atoms with E-state index in [9.17, 15) is 0 Å². The summed E-state index contributed by atoms with van der Waals surface area (Å²) in [7, 11) is 3.88. The van der Waals surface area contributed by atoms with E-state index in [-0.39, 0.29) is 0 Å². The number of aliphatic imine (C=N–C) groups is 1. The smallest absolute Gasteiger partial charge is 0.146 e. The molecule has 0 saturated heterocycles. The molecule has 1 aromatic carbocycles. The molecule has 0 spiro atoms. The maximum absolute atomic E-state index is 5.63. The van der Waals surface area contributed by atoms with E-state index in [1.807, 2.05) is 36.6 Å². The summed E-state index contributed by atoms with van der Waals surface area (Å²) < 4.78 is 7.68. The number of nitrogens with one attached hydrogen (secondary N) is 2. The van der Waals surface area contributed by atoms with Crippen LogP contribution in [0.1, 0.15) is 13.3 Å². The fraction of sp³-hybridized carbons (Fsp3) is 0.462. The van der Waals surface area contributed by atoms with Crippen LogP contribution in [0.15, 0.2) is 23.2 Å². The maximum Gasteiger partial charge on any atom is 0.146 e. The molecule has 1 aromatic rings. The van der Waals surface area contributed by atoms with E-state index in [2.05, 4.69) is 29.3 Å². The van der Waals surface area contributed by atoms with Crippen LogP contribution >= 0.6 is 12.2 Å². The fourth-order valence-corrected chi connectivity index (χ4v) is 2.06. The Morgan fingerprint density at radius 3 is 2.89 bits per heavy atom. The topological polar surface area (TPSA) is 48.9 Å². The zero-order valence-electron chi connectivity index (χ0n) is 11.8. The third-order valence-electron chi connectivity index (χ3n) is 2.39. The monoisotopic (exact) mass is 282 g/mol. The van der Waals surface area contributed by atoms with E-state index in [0.29, 0.717) is 6.67 Å². The summed E-state index contributed by atoms with van der Waals surface area (Å²) in [5, 5.41) is 6.23. The van der Waals surface area contributed by atoms with Crippen molar-refractivity contribution in [3.63, 3.8) is 0 Å². The van der Waals surface area contributed by atoms with Gasteiger partial charge < -0.3 is 14.8 Å². The van der Waals surface area contributed by atoms with Crippen LogP contribution in [0.5, 0.6) is 5.75 Å². The molecule has 2 N–H and O–H groups in total. The highest BCUT2D eigenvalue weighted by Crippen LogP contribution is 2.30. The molecule has 106 valence electrons. The second-order valence-electron chi connectivity index (χ2n) is 4.05. The summed E-state index contributed by atoms with van der Waals surface area (Å²) in [6.07, 6.45) is 1.10. The van der Waals surface area contributed by atoms with E-state index >= 15 is 0 Å². The first-order chi connectivity index (χ1) is 9.21. The van der Waals surface area contributed by atoms with Gasteiger partial charge in [0.25, 0.3) is 0 Å². The van der Waals surface area contributed by atoms with Gasteiger partial charge in [-0.3, -0.25) is 4.99 Å². The molecule has 19 heavy (non-hydrogen) atoms. The summed E-state index contributed by atoms with van der Waals surface area (Å²) in [5.74, 6) is 0.769. The molecule has 0 radical (unpaired) electrons. The van der Waals surface area contributed by atoms with E-state index < -0.39 is 0 Å². The van der Waals surface area contributed by atoms with Gasteiger partial charge in [0.2, 0.25) is 0 Å². The molecule has 0 aliphatic rings. The quantitative estimate of drug-likeness (QED) is 0.316. The third-order valence-corrected chi connectivity index (χ3v) is 3.10. The minimum Gasteiger partial charge on any atom is -0.409 e. The highest BCUT2D eigenvalue weighted by atomic mass is 32.2. The lowest BCUT2D eigenvalue weighted by atomic mass is 10.2. The lowest BCUT2D eigenvalue weighted by Gasteiger charge is -2.14. The predicted octanol–water partition coefficient (Wildman–Crippen LogP) is 2.89. The number of hydrogen-bond donors (Lipinski definition) is 2. The van der Waals surface area contributed by atoms with E-state index in [1.54, 1.807) is 0 Å². The second-order valence-corrected chi connectivity index (χ2v) is 4.99. The van der Waals surface area contributed by atoms with Crippen molar-refractivity contribution in [2.45, 2.75) is 13.3 Å². The summed E-state index contributed by atoms with van der Waals surface area (Å²) in [5.41, 5.74) is 1.72. The molecule has 0 aliphatic carbocycles. The van der Waals surface area contributed by atoms with Crippen LogP contribution in [-0.2, 0) is 0 Å². The van der Waals surface area contributed by atoms with Crippen molar-refractivity contribution in [3.8, 4) is 5.75 Å². The summed E-state index contributed by atoms with van der Waals surface area (Å²) in [4.78, 5) is 4.00. The number of rotatable bonds is 9. The Labute approximate surface area is 119 Å². The molecular weight excluding hydrogens is 260 g/mol. The van der Waals surface area contributed by atoms with Crippen LogP contribution in [0, 0.1) is 0 Å². The van der Waals surface area contributed by atoms with Gasteiger partial charge >= 0.3 is 0 Å². The Morgan fingerprint density at radius 1 is 1.47 bits per heavy atom. The molecule has 0 unspecified atom stereocenters. The van der Waals surface area contributed by atoms with Crippen LogP contribution in [-0.4, -0.2) is 38.3 Å². The van der Waals surface area contributed by atoms with Crippen molar-refractivity contribution in [2.24, 2.45) is 4.99 Å². The van der Waals surface area contributed by atoms with E-state index in [4.69, 9.17) is 4.18 Å². The molecule has 1 rings (SSSR count). The Morgan fingerprint density at radius 2 is 2.26 bits per heavy atom. The average Bonchev–Trinajstić information content (AvgIpc) is 2.43. The zero-order chi connectivity index (χ0) is 14.1. The van der Waals surface area contributed by atoms with Gasteiger partial charge in [0.1, 0.15) is 18.0 Å². The molecule has 0 fully saturated rings. The fourth-order valence-electron chi connectivity index (χ4n) is 1.49. The predicted molar refractivity (Wildman–Crippen MR) is 84.3 cm³/mol. The van der Waals surface area contributed by atoms with Gasteiger partial charge in [-0.2, -0.15) is 0 Å². The van der Waals surface area contributed by atoms with Gasteiger partial charge in [0, 0.05) is 19.7 Å². The average molecular weight is 282 g/mol. The van der Waals surface area contributed by atoms with Crippen LogP contribution in [0.4, 0.5) is 11.4 Å². The molecule has 0 amide bonds. The SMILES string of the molecule is C=Nc1cc(OSN(C)CCC)ccc1NCNC. The molecule has 6 heteroatoms. The van der Waals surface area contributed by atoms with Crippen LogP contribution in [0.3, 0.4) is 0 Å². The molecule has 0 bridgehead atoms. The van der Waals surface area contributed by atoms with Gasteiger partial charge in [0.15, 0.2) is 0 Å².